The third kappa shape index (κ3) is 4.52. The van der Waals surface area contributed by atoms with E-state index in [9.17, 15) is 19.2 Å². The number of carbonyl (C=O) groups excluding carboxylic acids is 3. The molecular weight excluding hydrogens is 470 g/mol. The number of ketones is 1. The summed E-state index contributed by atoms with van der Waals surface area (Å²) in [4.78, 5) is 50.9. The van der Waals surface area contributed by atoms with Gasteiger partial charge in [-0.05, 0) is 52.0 Å². The standard InChI is InChI=1S/C26H23NO9/c1-5-32-26(31)20-19(13(2)28)14(3)35-25(20)27-24(30)15(4)34-23-21(29)16-9-6-7-10-17(16)36-22(23)18-11-8-12-33-18/h6-12,15H,5H2,1-4H3,(H,27,30). The predicted octanol–water partition coefficient (Wildman–Crippen LogP) is 4.74. The van der Waals surface area contributed by atoms with Crippen LogP contribution in [0.3, 0.4) is 0 Å². The zero-order chi connectivity index (χ0) is 26.0. The molecule has 0 aliphatic rings. The van der Waals surface area contributed by atoms with Gasteiger partial charge in [-0.25, -0.2) is 4.79 Å². The Morgan fingerprint density at radius 1 is 1.06 bits per heavy atom. The van der Waals surface area contributed by atoms with Crippen LogP contribution in [0, 0.1) is 6.92 Å². The Bertz CT molecular complexity index is 1510. The molecule has 0 spiro atoms. The van der Waals surface area contributed by atoms with Crippen LogP contribution in [0.15, 0.2) is 60.7 Å². The highest BCUT2D eigenvalue weighted by atomic mass is 16.5. The van der Waals surface area contributed by atoms with Gasteiger partial charge < -0.3 is 22.7 Å². The number of ether oxygens (including phenoxy) is 2. The quantitative estimate of drug-likeness (QED) is 0.272. The number of Topliss-reactive ketones (excluding diaryl/α,β-unsaturated/α-hetero) is 1. The fraction of sp³-hybridized carbons (Fsp3) is 0.231. The third-order valence-corrected chi connectivity index (χ3v) is 5.32. The number of rotatable bonds is 8. The predicted molar refractivity (Wildman–Crippen MR) is 128 cm³/mol. The van der Waals surface area contributed by atoms with Crippen LogP contribution >= 0.6 is 0 Å². The van der Waals surface area contributed by atoms with Crippen LogP contribution in [-0.2, 0) is 9.53 Å². The number of para-hydroxylation sites is 1. The van der Waals surface area contributed by atoms with Gasteiger partial charge in [0.25, 0.3) is 5.91 Å². The minimum Gasteiger partial charge on any atom is -0.473 e. The van der Waals surface area contributed by atoms with Gasteiger partial charge in [0.15, 0.2) is 17.6 Å². The summed E-state index contributed by atoms with van der Waals surface area (Å²) in [6, 6.07) is 9.81. The van der Waals surface area contributed by atoms with Crippen molar-refractivity contribution in [3.63, 3.8) is 0 Å². The van der Waals surface area contributed by atoms with Crippen LogP contribution in [0.5, 0.6) is 5.75 Å². The number of hydrogen-bond acceptors (Lipinski definition) is 9. The van der Waals surface area contributed by atoms with Gasteiger partial charge in [0, 0.05) is 0 Å². The molecule has 0 radical (unpaired) electrons. The van der Waals surface area contributed by atoms with E-state index in [0.29, 0.717) is 5.58 Å². The summed E-state index contributed by atoms with van der Waals surface area (Å²) in [5.74, 6) is -2.09. The summed E-state index contributed by atoms with van der Waals surface area (Å²) in [5.41, 5.74) is -0.362. The second-order valence-electron chi connectivity index (χ2n) is 7.83. The average Bonchev–Trinajstić information content (AvgIpc) is 3.48. The molecule has 3 heterocycles. The van der Waals surface area contributed by atoms with E-state index >= 15 is 0 Å². The van der Waals surface area contributed by atoms with E-state index < -0.39 is 29.2 Å². The molecule has 0 saturated carbocycles. The van der Waals surface area contributed by atoms with Crippen molar-refractivity contribution in [2.75, 3.05) is 11.9 Å². The Kier molecular flexibility index (Phi) is 6.77. The van der Waals surface area contributed by atoms with E-state index in [1.807, 2.05) is 0 Å². The number of furan rings is 2. The Hall–Kier alpha value is -4.60. The number of fused-ring (bicyclic) bond motifs is 1. The summed E-state index contributed by atoms with van der Waals surface area (Å²) < 4.78 is 27.6. The van der Waals surface area contributed by atoms with E-state index in [1.165, 1.54) is 27.0 Å². The Balaban J connectivity index is 1.69. The number of benzene rings is 1. The van der Waals surface area contributed by atoms with Crippen molar-refractivity contribution in [3.05, 3.63) is 69.8 Å². The van der Waals surface area contributed by atoms with Gasteiger partial charge in [0.1, 0.15) is 16.9 Å². The molecule has 0 fully saturated rings. The lowest BCUT2D eigenvalue weighted by Crippen LogP contribution is -2.32. The third-order valence-electron chi connectivity index (χ3n) is 5.32. The molecule has 3 aromatic heterocycles. The molecule has 1 atom stereocenters. The van der Waals surface area contributed by atoms with E-state index in [-0.39, 0.29) is 52.0 Å². The van der Waals surface area contributed by atoms with Gasteiger partial charge in [-0.3, -0.25) is 19.7 Å². The highest BCUT2D eigenvalue weighted by Gasteiger charge is 2.31. The van der Waals surface area contributed by atoms with Crippen molar-refractivity contribution in [2.24, 2.45) is 0 Å². The highest BCUT2D eigenvalue weighted by molar-refractivity contribution is 6.11. The number of nitrogens with one attached hydrogen (secondary N) is 1. The van der Waals surface area contributed by atoms with Crippen LogP contribution in [0.2, 0.25) is 0 Å². The first kappa shape index (κ1) is 24.5. The van der Waals surface area contributed by atoms with E-state index in [4.69, 9.17) is 22.7 Å². The maximum absolute atomic E-state index is 13.2. The second kappa shape index (κ2) is 9.95. The summed E-state index contributed by atoms with van der Waals surface area (Å²) in [6.45, 7) is 5.83. The molecule has 1 unspecified atom stereocenters. The fourth-order valence-electron chi connectivity index (χ4n) is 3.70. The van der Waals surface area contributed by atoms with Crippen LogP contribution in [-0.4, -0.2) is 30.4 Å². The molecule has 1 amide bonds. The fourth-order valence-corrected chi connectivity index (χ4v) is 3.70. The molecule has 10 heteroatoms. The summed E-state index contributed by atoms with van der Waals surface area (Å²) >= 11 is 0. The van der Waals surface area contributed by atoms with Crippen molar-refractivity contribution in [1.82, 2.24) is 0 Å². The SMILES string of the molecule is CCOC(=O)c1c(NC(=O)C(C)Oc2c(-c3ccco3)oc3ccccc3c2=O)oc(C)c1C(C)=O. The molecule has 36 heavy (non-hydrogen) atoms. The Labute approximate surface area is 204 Å². The molecule has 0 aliphatic carbocycles. The molecule has 1 N–H and O–H groups in total. The van der Waals surface area contributed by atoms with Gasteiger partial charge >= 0.3 is 5.97 Å². The van der Waals surface area contributed by atoms with Crippen LogP contribution in [0.25, 0.3) is 22.5 Å². The van der Waals surface area contributed by atoms with E-state index in [1.54, 1.807) is 43.3 Å². The lowest BCUT2D eigenvalue weighted by Gasteiger charge is -2.16. The molecule has 0 bridgehead atoms. The first-order chi connectivity index (χ1) is 17.2. The van der Waals surface area contributed by atoms with E-state index in [2.05, 4.69) is 5.32 Å². The first-order valence-electron chi connectivity index (χ1n) is 11.1. The van der Waals surface area contributed by atoms with Crippen molar-refractivity contribution in [1.29, 1.82) is 0 Å². The number of carbonyl (C=O) groups is 3. The number of hydrogen-bond donors (Lipinski definition) is 1. The zero-order valence-electron chi connectivity index (χ0n) is 20.0. The lowest BCUT2D eigenvalue weighted by atomic mass is 10.1. The van der Waals surface area contributed by atoms with Crippen molar-refractivity contribution < 1.29 is 37.1 Å². The normalized spacial score (nSPS) is 11.8. The number of anilines is 1. The summed E-state index contributed by atoms with van der Waals surface area (Å²) in [5, 5.41) is 2.71. The molecular formula is C26H23NO9. The van der Waals surface area contributed by atoms with Crippen LogP contribution < -0.4 is 15.5 Å². The van der Waals surface area contributed by atoms with Crippen molar-refractivity contribution >= 4 is 34.5 Å². The number of amides is 1. The molecule has 186 valence electrons. The summed E-state index contributed by atoms with van der Waals surface area (Å²) in [6.07, 6.45) is 0.164. The minimum absolute atomic E-state index is 0.00704. The monoisotopic (exact) mass is 493 g/mol. The van der Waals surface area contributed by atoms with Gasteiger partial charge in [0.05, 0.1) is 23.8 Å². The highest BCUT2D eigenvalue weighted by Crippen LogP contribution is 2.32. The largest absolute Gasteiger partial charge is 0.473 e. The maximum Gasteiger partial charge on any atom is 0.344 e. The zero-order valence-corrected chi connectivity index (χ0v) is 20.0. The van der Waals surface area contributed by atoms with Crippen molar-refractivity contribution in [2.45, 2.75) is 33.8 Å². The Morgan fingerprint density at radius 3 is 2.47 bits per heavy atom. The second-order valence-corrected chi connectivity index (χ2v) is 7.83. The molecule has 0 saturated heterocycles. The number of esters is 1. The van der Waals surface area contributed by atoms with Gasteiger partial charge in [-0.1, -0.05) is 12.1 Å². The topological polar surface area (TPSA) is 138 Å². The van der Waals surface area contributed by atoms with E-state index in [0.717, 1.165) is 0 Å². The van der Waals surface area contributed by atoms with Gasteiger partial charge in [0.2, 0.25) is 22.8 Å². The maximum atomic E-state index is 13.2. The van der Waals surface area contributed by atoms with Gasteiger partial charge in [-0.2, -0.15) is 0 Å². The first-order valence-corrected chi connectivity index (χ1v) is 11.1. The number of aryl methyl sites for hydroxylation is 1. The molecule has 4 aromatic rings. The smallest absolute Gasteiger partial charge is 0.344 e. The molecule has 1 aromatic carbocycles. The molecule has 0 aliphatic heterocycles. The Morgan fingerprint density at radius 2 is 1.81 bits per heavy atom. The summed E-state index contributed by atoms with van der Waals surface area (Å²) in [7, 11) is 0. The van der Waals surface area contributed by atoms with Crippen molar-refractivity contribution in [3.8, 4) is 17.3 Å². The average molecular weight is 493 g/mol. The van der Waals surface area contributed by atoms with Crippen LogP contribution in [0.1, 0.15) is 47.2 Å². The molecule has 10 nitrogen and oxygen atoms in total. The lowest BCUT2D eigenvalue weighted by molar-refractivity contribution is -0.122. The van der Waals surface area contributed by atoms with Gasteiger partial charge in [-0.15, -0.1) is 0 Å². The molecule has 4 rings (SSSR count). The van der Waals surface area contributed by atoms with Crippen LogP contribution in [0.4, 0.5) is 5.88 Å². The minimum atomic E-state index is -1.25.